The zero-order valence-electron chi connectivity index (χ0n) is 38.2. The number of rotatable bonds is 4. The summed E-state index contributed by atoms with van der Waals surface area (Å²) in [6.45, 7) is 5.05. The highest BCUT2D eigenvalue weighted by Gasteiger charge is 2.38. The van der Waals surface area contributed by atoms with Crippen molar-refractivity contribution in [1.82, 2.24) is 4.57 Å². The molecule has 2 aromatic heterocycles. The normalized spacial score (nSPS) is 13.2. The third-order valence-electron chi connectivity index (χ3n) is 15.6. The van der Waals surface area contributed by atoms with Gasteiger partial charge in [-0.05, 0) is 147 Å². The first kappa shape index (κ1) is 38.6. The van der Waals surface area contributed by atoms with Crippen LogP contribution in [0.3, 0.4) is 0 Å². The number of fused-ring (bicyclic) bond motifs is 15. The summed E-state index contributed by atoms with van der Waals surface area (Å²) in [7, 11) is -2.17. The van der Waals surface area contributed by atoms with E-state index in [4.69, 9.17) is 4.42 Å². The summed E-state index contributed by atoms with van der Waals surface area (Å²) in [4.78, 5) is 0. The maximum Gasteiger partial charge on any atom is 0.143 e. The lowest BCUT2D eigenvalue weighted by molar-refractivity contribution is 0.670. The minimum absolute atomic E-state index is 0.928. The Kier molecular flexibility index (Phi) is 7.97. The summed E-state index contributed by atoms with van der Waals surface area (Å²) in [5.74, 6) is 0. The van der Waals surface area contributed by atoms with Gasteiger partial charge in [0.2, 0.25) is 0 Å². The molecule has 0 amide bonds. The highest BCUT2D eigenvalue weighted by Crippen LogP contribution is 2.44. The van der Waals surface area contributed by atoms with E-state index in [9.17, 15) is 0 Å². The van der Waals surface area contributed by atoms with Crippen LogP contribution >= 0.6 is 0 Å². The molecule has 15 rings (SSSR count). The molecule has 322 valence electrons. The van der Waals surface area contributed by atoms with Crippen molar-refractivity contribution in [2.75, 3.05) is 0 Å². The lowest BCUT2D eigenvalue weighted by Crippen LogP contribution is -2.49. The number of furan rings is 1. The molecule has 0 fully saturated rings. The van der Waals surface area contributed by atoms with Gasteiger partial charge in [0.1, 0.15) is 19.2 Å². The van der Waals surface area contributed by atoms with Crippen LogP contribution in [0.15, 0.2) is 229 Å². The number of nitrogens with zero attached hydrogens (tertiary/aromatic N) is 1. The van der Waals surface area contributed by atoms with Crippen LogP contribution in [0.25, 0.3) is 137 Å². The third-order valence-corrected chi connectivity index (χ3v) is 19.1. The van der Waals surface area contributed by atoms with Gasteiger partial charge in [0.15, 0.2) is 0 Å². The largest absolute Gasteiger partial charge is 0.455 e. The molecule has 0 saturated carbocycles. The molecular weight excluding hydrogens is 851 g/mol. The van der Waals surface area contributed by atoms with E-state index in [1.807, 2.05) is 0 Å². The summed E-state index contributed by atoms with van der Waals surface area (Å²) in [5, 5.41) is 17.9. The Hall–Kier alpha value is -8.50. The Balaban J connectivity index is 0.929. The zero-order valence-corrected chi connectivity index (χ0v) is 39.2. The maximum absolute atomic E-state index is 6.54. The first-order chi connectivity index (χ1) is 34.0. The van der Waals surface area contributed by atoms with Crippen LogP contribution in [0.1, 0.15) is 0 Å². The Morgan fingerprint density at radius 1 is 0.319 bits per heavy atom. The third kappa shape index (κ3) is 5.54. The summed E-state index contributed by atoms with van der Waals surface area (Å²) < 4.78 is 9.07. The smallest absolute Gasteiger partial charge is 0.143 e. The molecule has 1 aliphatic rings. The topological polar surface area (TPSA) is 18.1 Å². The molecule has 0 N–H and O–H groups in total. The minimum Gasteiger partial charge on any atom is -0.455 e. The van der Waals surface area contributed by atoms with E-state index < -0.39 is 8.07 Å². The monoisotopic (exact) mass is 893 g/mol. The fourth-order valence-electron chi connectivity index (χ4n) is 12.2. The Morgan fingerprint density at radius 2 is 0.797 bits per heavy atom. The van der Waals surface area contributed by atoms with E-state index in [1.54, 1.807) is 0 Å². The zero-order chi connectivity index (χ0) is 45.5. The lowest BCUT2D eigenvalue weighted by Gasteiger charge is -2.20. The molecule has 14 aromatic rings. The summed E-state index contributed by atoms with van der Waals surface area (Å²) in [6.07, 6.45) is 0. The molecular formula is C66H43NOSi. The van der Waals surface area contributed by atoms with Gasteiger partial charge in [-0.3, -0.25) is 0 Å². The first-order valence-corrected chi connectivity index (χ1v) is 27.1. The fourth-order valence-corrected chi connectivity index (χ4v) is 15.3. The van der Waals surface area contributed by atoms with Gasteiger partial charge in [0.05, 0.1) is 11.0 Å². The van der Waals surface area contributed by atoms with Gasteiger partial charge < -0.3 is 8.98 Å². The molecule has 0 spiro atoms. The fraction of sp³-hybridized carbons (Fsp3) is 0.0303. The van der Waals surface area contributed by atoms with Crippen LogP contribution in [0, 0.1) is 0 Å². The number of hydrogen-bond acceptors (Lipinski definition) is 1. The van der Waals surface area contributed by atoms with Gasteiger partial charge in [-0.25, -0.2) is 0 Å². The SMILES string of the molecule is C[Si]1(C)c2cc(-c3cccc4c3oc3ccccc34)ccc2-c2ccc(-n3c4ccc(-c5cc6ccccc6c6ccccc56)cc4c4cc(-c5cc6ccccc6c6ccccc56)ccc43)cc21. The number of aromatic nitrogens is 1. The van der Waals surface area contributed by atoms with Crippen LogP contribution < -0.4 is 10.4 Å². The lowest BCUT2D eigenvalue weighted by atomic mass is 9.92. The average molecular weight is 894 g/mol. The molecule has 0 atom stereocenters. The molecule has 0 bridgehead atoms. The number of benzene rings is 12. The van der Waals surface area contributed by atoms with Crippen molar-refractivity contribution in [2.45, 2.75) is 13.1 Å². The Labute approximate surface area is 399 Å². The molecule has 1 aliphatic heterocycles. The van der Waals surface area contributed by atoms with E-state index >= 15 is 0 Å². The van der Waals surface area contributed by atoms with Crippen molar-refractivity contribution in [1.29, 1.82) is 0 Å². The molecule has 12 aromatic carbocycles. The predicted octanol–water partition coefficient (Wildman–Crippen LogP) is 17.1. The number of para-hydroxylation sites is 2. The number of hydrogen-bond donors (Lipinski definition) is 0. The van der Waals surface area contributed by atoms with Gasteiger partial charge in [0, 0.05) is 32.8 Å². The van der Waals surface area contributed by atoms with E-state index in [0.29, 0.717) is 0 Å². The molecule has 0 saturated heterocycles. The first-order valence-electron chi connectivity index (χ1n) is 24.1. The molecule has 3 heterocycles. The predicted molar refractivity (Wildman–Crippen MR) is 297 cm³/mol. The van der Waals surface area contributed by atoms with Gasteiger partial charge in [-0.15, -0.1) is 0 Å². The molecule has 0 unspecified atom stereocenters. The molecule has 0 aliphatic carbocycles. The van der Waals surface area contributed by atoms with Crippen LogP contribution in [0.2, 0.25) is 13.1 Å². The van der Waals surface area contributed by atoms with Gasteiger partial charge >= 0.3 is 0 Å². The van der Waals surface area contributed by atoms with Crippen LogP contribution in [0.4, 0.5) is 0 Å². The molecule has 2 nitrogen and oxygen atoms in total. The van der Waals surface area contributed by atoms with E-state index in [2.05, 4.69) is 242 Å². The second-order valence-electron chi connectivity index (χ2n) is 19.6. The minimum atomic E-state index is -2.17. The Morgan fingerprint density at radius 3 is 1.42 bits per heavy atom. The van der Waals surface area contributed by atoms with Gasteiger partial charge in [-0.1, -0.05) is 183 Å². The van der Waals surface area contributed by atoms with Crippen LogP contribution in [-0.2, 0) is 0 Å². The quantitative estimate of drug-likeness (QED) is 0.127. The Bertz CT molecular complexity index is 4350. The standard InChI is InChI=1S/C66H43NOSi/c1-69(2)64-38-44(48-23-13-24-56-53-22-11-12-25-63(53)68-66(48)56)26-30-54(64)55-31-29-45(39-65(55)69)67-61-32-27-42(57-34-40-14-3-5-16-46(40)49-18-7-9-20-51(49)57)36-59(61)60-37-43(28-33-62(60)67)58-35-41-15-4-6-17-47(41)50-19-8-10-21-52(50)58/h3-39H,1-2H3. The summed E-state index contributed by atoms with van der Waals surface area (Å²) in [6, 6.07) is 83.8. The van der Waals surface area contributed by atoms with Crippen LogP contribution in [-0.4, -0.2) is 12.6 Å². The van der Waals surface area contributed by atoms with Crippen molar-refractivity contribution in [3.63, 3.8) is 0 Å². The summed E-state index contributed by atoms with van der Waals surface area (Å²) >= 11 is 0. The van der Waals surface area contributed by atoms with Gasteiger partial charge in [-0.2, -0.15) is 0 Å². The van der Waals surface area contributed by atoms with Crippen molar-refractivity contribution in [3.8, 4) is 50.2 Å². The molecule has 0 radical (unpaired) electrons. The second-order valence-corrected chi connectivity index (χ2v) is 23.9. The van der Waals surface area contributed by atoms with Crippen molar-refractivity contribution >= 4 is 105 Å². The van der Waals surface area contributed by atoms with Gasteiger partial charge in [0.25, 0.3) is 0 Å². The highest BCUT2D eigenvalue weighted by molar-refractivity contribution is 7.03. The van der Waals surface area contributed by atoms with E-state index in [1.165, 1.54) is 120 Å². The van der Waals surface area contributed by atoms with Crippen molar-refractivity contribution in [3.05, 3.63) is 224 Å². The average Bonchev–Trinajstić information content (AvgIpc) is 4.02. The molecule has 3 heteroatoms. The van der Waals surface area contributed by atoms with Crippen molar-refractivity contribution < 1.29 is 4.42 Å². The van der Waals surface area contributed by atoms with E-state index in [-0.39, 0.29) is 0 Å². The second kappa shape index (κ2) is 14.3. The van der Waals surface area contributed by atoms with E-state index in [0.717, 1.165) is 27.5 Å². The highest BCUT2D eigenvalue weighted by atomic mass is 28.3. The maximum atomic E-state index is 6.54. The van der Waals surface area contributed by atoms with Crippen LogP contribution in [0.5, 0.6) is 0 Å². The summed E-state index contributed by atoms with van der Waals surface area (Å²) in [5.41, 5.74) is 15.5. The van der Waals surface area contributed by atoms with Crippen molar-refractivity contribution in [2.24, 2.45) is 0 Å². The molecule has 69 heavy (non-hydrogen) atoms.